The monoisotopic (exact) mass is 587 g/mol. The van der Waals surface area contributed by atoms with Crippen molar-refractivity contribution < 1.29 is 33.9 Å². The van der Waals surface area contributed by atoms with E-state index in [0.29, 0.717) is 41.1 Å². The Balaban J connectivity index is 1.46. The van der Waals surface area contributed by atoms with Crippen LogP contribution in [0.1, 0.15) is 119 Å². The van der Waals surface area contributed by atoms with Crippen LogP contribution >= 0.6 is 0 Å². The van der Waals surface area contributed by atoms with E-state index in [9.17, 15) is 24.3 Å². The molecule has 2 unspecified atom stereocenters. The van der Waals surface area contributed by atoms with E-state index in [1.807, 2.05) is 0 Å². The molecule has 11 atom stereocenters. The van der Waals surface area contributed by atoms with Gasteiger partial charge in [0.15, 0.2) is 0 Å². The first-order valence-electron chi connectivity index (χ1n) is 16.7. The summed E-state index contributed by atoms with van der Waals surface area (Å²) in [6, 6.07) is 0. The second-order valence-electron chi connectivity index (χ2n) is 15.4. The summed E-state index contributed by atoms with van der Waals surface area (Å²) in [5.41, 5.74) is 0.0769. The summed E-state index contributed by atoms with van der Waals surface area (Å²) in [6.45, 7) is 12.8. The number of rotatable bonds is 8. The molecule has 236 valence electrons. The molecule has 0 spiro atoms. The summed E-state index contributed by atoms with van der Waals surface area (Å²) in [7, 11) is 0. The maximum atomic E-state index is 13.9. The molecular weight excluding hydrogens is 534 g/mol. The quantitative estimate of drug-likeness (QED) is 0.280. The van der Waals surface area contributed by atoms with Crippen molar-refractivity contribution in [1.82, 2.24) is 5.06 Å². The first kappa shape index (κ1) is 31.5. The molecule has 1 N–H and O–H groups in total. The molecular formula is C34H53NO7. The summed E-state index contributed by atoms with van der Waals surface area (Å²) >= 11 is 0. The highest BCUT2D eigenvalue weighted by Gasteiger charge is 2.65. The standard InChI is InChI=1S/C34H53NO7/c1-19(2)8-7-9-22(32(40)42-35-29(38)14-15-30(35)39)31-26-13-12-24-25(34(26,6)18-28(31)41-21(4)36)11-10-23-20(3)27(37)16-17-33(23,24)5/h19-20,22-28,31,37H,7-18H2,1-6H3/t20?,22-,23-,24+,25-,26?,27+,28-,31-,33-,34+/m0/s1. The number of carbonyl (C=O) groups is 4. The smallest absolute Gasteiger partial charge is 0.336 e. The number of nitrogens with zero attached hydrogens (tertiary/aromatic N) is 1. The SMILES string of the molecule is CC(=O)O[C@H]1C[C@@]2(C)C(CC[C@@H]3[C@@H]2CC[C@H]2C(C)[C@H](O)CC[C@]32C)[C@@H]1[C@H](CCCC(C)C)C(=O)ON1C(=O)CCC1=O. The molecule has 1 heterocycles. The lowest BCUT2D eigenvalue weighted by Gasteiger charge is -2.63. The Kier molecular flexibility index (Phi) is 8.88. The molecule has 5 aliphatic rings. The van der Waals surface area contributed by atoms with E-state index >= 15 is 0 Å². The van der Waals surface area contributed by atoms with Gasteiger partial charge in [0.1, 0.15) is 6.10 Å². The molecule has 0 aromatic rings. The minimum Gasteiger partial charge on any atom is -0.462 e. The number of hydrogen-bond donors (Lipinski definition) is 1. The van der Waals surface area contributed by atoms with Gasteiger partial charge in [0.05, 0.1) is 12.0 Å². The van der Waals surface area contributed by atoms with Gasteiger partial charge in [-0.15, -0.1) is 5.06 Å². The maximum absolute atomic E-state index is 13.9. The molecule has 2 amide bonds. The van der Waals surface area contributed by atoms with Crippen LogP contribution in [0.3, 0.4) is 0 Å². The van der Waals surface area contributed by atoms with Crippen molar-refractivity contribution in [2.45, 2.75) is 131 Å². The van der Waals surface area contributed by atoms with Crippen LogP contribution in [0.5, 0.6) is 0 Å². The summed E-state index contributed by atoms with van der Waals surface area (Å²) in [5, 5.41) is 11.4. The van der Waals surface area contributed by atoms with E-state index in [1.165, 1.54) is 6.92 Å². The lowest BCUT2D eigenvalue weighted by Crippen LogP contribution is -2.57. The topological polar surface area (TPSA) is 110 Å². The highest BCUT2D eigenvalue weighted by molar-refractivity contribution is 6.01. The zero-order valence-electron chi connectivity index (χ0n) is 26.6. The molecule has 0 aromatic carbocycles. The van der Waals surface area contributed by atoms with Crippen molar-refractivity contribution in [3.8, 4) is 0 Å². The van der Waals surface area contributed by atoms with E-state index in [1.54, 1.807) is 0 Å². The Hall–Kier alpha value is -1.96. The van der Waals surface area contributed by atoms with Gasteiger partial charge in [-0.3, -0.25) is 14.4 Å². The molecule has 0 bridgehead atoms. The van der Waals surface area contributed by atoms with Crippen LogP contribution in [0, 0.1) is 58.2 Å². The average Bonchev–Trinajstić information content (AvgIpc) is 3.38. The largest absolute Gasteiger partial charge is 0.462 e. The minimum atomic E-state index is -0.561. The molecule has 5 rings (SSSR count). The van der Waals surface area contributed by atoms with Crippen LogP contribution in [0.4, 0.5) is 0 Å². The van der Waals surface area contributed by atoms with Crippen LogP contribution in [0.15, 0.2) is 0 Å². The highest BCUT2D eigenvalue weighted by atomic mass is 16.7. The summed E-state index contributed by atoms with van der Waals surface area (Å²) in [4.78, 5) is 56.6. The van der Waals surface area contributed by atoms with Crippen LogP contribution in [0.25, 0.3) is 0 Å². The first-order valence-corrected chi connectivity index (χ1v) is 16.7. The molecule has 8 heteroatoms. The zero-order valence-corrected chi connectivity index (χ0v) is 26.6. The number of hydrogen-bond acceptors (Lipinski definition) is 7. The predicted octanol–water partition coefficient (Wildman–Crippen LogP) is 5.84. The van der Waals surface area contributed by atoms with Crippen molar-refractivity contribution in [3.63, 3.8) is 0 Å². The first-order chi connectivity index (χ1) is 19.8. The Morgan fingerprint density at radius 3 is 2.14 bits per heavy atom. The van der Waals surface area contributed by atoms with Crippen molar-refractivity contribution >= 4 is 23.8 Å². The fraction of sp³-hybridized carbons (Fsp3) is 0.882. The Morgan fingerprint density at radius 2 is 1.52 bits per heavy atom. The van der Waals surface area contributed by atoms with Gasteiger partial charge in [-0.1, -0.05) is 47.5 Å². The molecule has 1 aliphatic heterocycles. The number of aliphatic hydroxyl groups excluding tert-OH is 1. The van der Waals surface area contributed by atoms with Crippen LogP contribution in [-0.4, -0.2) is 46.1 Å². The van der Waals surface area contributed by atoms with Crippen LogP contribution in [-0.2, 0) is 28.8 Å². The summed E-state index contributed by atoms with van der Waals surface area (Å²) in [5.74, 6) is -0.142. The summed E-state index contributed by atoms with van der Waals surface area (Å²) < 4.78 is 6.07. The van der Waals surface area contributed by atoms with E-state index < -0.39 is 29.8 Å². The molecule has 8 nitrogen and oxygen atoms in total. The van der Waals surface area contributed by atoms with Gasteiger partial charge in [0.25, 0.3) is 11.8 Å². The number of amides is 2. The maximum Gasteiger partial charge on any atom is 0.336 e. The van der Waals surface area contributed by atoms with Crippen molar-refractivity contribution in [2.24, 2.45) is 58.2 Å². The predicted molar refractivity (Wildman–Crippen MR) is 156 cm³/mol. The van der Waals surface area contributed by atoms with E-state index in [4.69, 9.17) is 9.57 Å². The molecule has 4 aliphatic carbocycles. The molecule has 0 aromatic heterocycles. The highest BCUT2D eigenvalue weighted by Crippen LogP contribution is 2.70. The minimum absolute atomic E-state index is 0.0583. The molecule has 1 saturated heterocycles. The van der Waals surface area contributed by atoms with Crippen LogP contribution in [0.2, 0.25) is 0 Å². The third-order valence-electron chi connectivity index (χ3n) is 12.8. The van der Waals surface area contributed by atoms with Gasteiger partial charge >= 0.3 is 11.9 Å². The third kappa shape index (κ3) is 5.43. The van der Waals surface area contributed by atoms with E-state index in [-0.39, 0.29) is 47.6 Å². The van der Waals surface area contributed by atoms with Crippen LogP contribution < -0.4 is 0 Å². The third-order valence-corrected chi connectivity index (χ3v) is 12.8. The van der Waals surface area contributed by atoms with E-state index in [2.05, 4.69) is 34.6 Å². The molecule has 5 fully saturated rings. The second-order valence-corrected chi connectivity index (χ2v) is 15.4. The molecule has 4 saturated carbocycles. The van der Waals surface area contributed by atoms with Gasteiger partial charge in [-0.05, 0) is 97.7 Å². The average molecular weight is 588 g/mol. The van der Waals surface area contributed by atoms with Gasteiger partial charge in [-0.2, -0.15) is 0 Å². The number of imide groups is 1. The number of ether oxygens (including phenoxy) is 1. The Morgan fingerprint density at radius 1 is 0.929 bits per heavy atom. The normalized spacial score (nSPS) is 42.1. The van der Waals surface area contributed by atoms with Crippen molar-refractivity contribution in [3.05, 3.63) is 0 Å². The van der Waals surface area contributed by atoms with Gasteiger partial charge in [0, 0.05) is 25.7 Å². The van der Waals surface area contributed by atoms with Gasteiger partial charge in [-0.25, -0.2) is 4.79 Å². The van der Waals surface area contributed by atoms with Gasteiger partial charge < -0.3 is 14.7 Å². The second kappa shape index (κ2) is 11.9. The zero-order chi connectivity index (χ0) is 30.6. The number of carbonyl (C=O) groups excluding carboxylic acids is 4. The summed E-state index contributed by atoms with van der Waals surface area (Å²) in [6.07, 6.45) is 8.67. The lowest BCUT2D eigenvalue weighted by molar-refractivity contribution is -0.204. The fourth-order valence-corrected chi connectivity index (χ4v) is 10.8. The number of fused-ring (bicyclic) bond motifs is 5. The lowest BCUT2D eigenvalue weighted by atomic mass is 9.42. The Bertz CT molecular complexity index is 1060. The number of esters is 1. The van der Waals surface area contributed by atoms with Crippen molar-refractivity contribution in [1.29, 1.82) is 0 Å². The van der Waals surface area contributed by atoms with Gasteiger partial charge in [0.2, 0.25) is 0 Å². The fourth-order valence-electron chi connectivity index (χ4n) is 10.8. The van der Waals surface area contributed by atoms with Crippen molar-refractivity contribution in [2.75, 3.05) is 0 Å². The number of aliphatic hydroxyl groups is 1. The Labute approximate surface area is 251 Å². The molecule has 42 heavy (non-hydrogen) atoms. The molecule has 0 radical (unpaired) electrons. The number of hydroxylamine groups is 2. The van der Waals surface area contributed by atoms with E-state index in [0.717, 1.165) is 57.8 Å².